The monoisotopic (exact) mass is 260 g/mol. The van der Waals surface area contributed by atoms with E-state index in [-0.39, 0.29) is 25.2 Å². The van der Waals surface area contributed by atoms with Gasteiger partial charge in [-0.05, 0) is 12.8 Å². The molecule has 6 nitrogen and oxygen atoms in total. The third-order valence-electron chi connectivity index (χ3n) is 2.64. The van der Waals surface area contributed by atoms with Crippen molar-refractivity contribution in [1.82, 2.24) is 10.2 Å². The molecule has 0 aromatic heterocycles. The zero-order valence-electron chi connectivity index (χ0n) is 11.4. The number of carbonyl (C=O) groups is 2. The van der Waals surface area contributed by atoms with Crippen molar-refractivity contribution in [3.8, 4) is 0 Å². The second-order valence-corrected chi connectivity index (χ2v) is 4.15. The molecule has 0 fully saturated rings. The van der Waals surface area contributed by atoms with Crippen LogP contribution in [0.3, 0.4) is 0 Å². The normalized spacial score (nSPS) is 11.9. The van der Waals surface area contributed by atoms with Crippen LogP contribution in [0.1, 0.15) is 33.1 Å². The minimum atomic E-state index is -1.02. The molecule has 6 heteroatoms. The minimum absolute atomic E-state index is 0.0985. The molecule has 1 unspecified atom stereocenters. The van der Waals surface area contributed by atoms with E-state index in [0.717, 1.165) is 19.3 Å². The number of hydrogen-bond acceptors (Lipinski definition) is 3. The zero-order chi connectivity index (χ0) is 14.0. The van der Waals surface area contributed by atoms with Crippen molar-refractivity contribution in [3.63, 3.8) is 0 Å². The Morgan fingerprint density at radius 3 is 2.50 bits per heavy atom. The maximum Gasteiger partial charge on any atom is 0.323 e. The molecule has 0 aliphatic rings. The molecular weight excluding hydrogens is 236 g/mol. The Hall–Kier alpha value is -1.30. The summed E-state index contributed by atoms with van der Waals surface area (Å²) in [5, 5.41) is 11.6. The van der Waals surface area contributed by atoms with Crippen molar-refractivity contribution in [3.05, 3.63) is 0 Å². The van der Waals surface area contributed by atoms with E-state index < -0.39 is 5.97 Å². The lowest BCUT2D eigenvalue weighted by Gasteiger charge is -2.24. The SMILES string of the molecule is CCCC(CC)NC(=O)N(CCOC)CC(=O)O. The van der Waals surface area contributed by atoms with Crippen LogP contribution >= 0.6 is 0 Å². The zero-order valence-corrected chi connectivity index (χ0v) is 11.4. The van der Waals surface area contributed by atoms with Gasteiger partial charge in [0.25, 0.3) is 0 Å². The molecule has 0 saturated heterocycles. The number of carboxylic acid groups (broad SMARTS) is 1. The molecule has 106 valence electrons. The van der Waals surface area contributed by atoms with Gasteiger partial charge in [-0.2, -0.15) is 0 Å². The molecule has 0 aromatic rings. The molecular formula is C12H24N2O4. The Kier molecular flexibility index (Phi) is 9.00. The number of aliphatic carboxylic acids is 1. The van der Waals surface area contributed by atoms with Gasteiger partial charge in [-0.25, -0.2) is 4.79 Å². The highest BCUT2D eigenvalue weighted by molar-refractivity contribution is 5.80. The molecule has 0 aliphatic carbocycles. The van der Waals surface area contributed by atoms with E-state index in [4.69, 9.17) is 9.84 Å². The number of nitrogens with zero attached hydrogens (tertiary/aromatic N) is 1. The summed E-state index contributed by atoms with van der Waals surface area (Å²) in [6.07, 6.45) is 2.72. The van der Waals surface area contributed by atoms with Crippen LogP contribution in [-0.4, -0.2) is 54.9 Å². The first-order valence-corrected chi connectivity index (χ1v) is 6.31. The van der Waals surface area contributed by atoms with Gasteiger partial charge in [-0.15, -0.1) is 0 Å². The molecule has 0 bridgehead atoms. The molecule has 0 aliphatic heterocycles. The van der Waals surface area contributed by atoms with Crippen molar-refractivity contribution < 1.29 is 19.4 Å². The van der Waals surface area contributed by atoms with Gasteiger partial charge in [-0.3, -0.25) is 4.79 Å². The van der Waals surface area contributed by atoms with Gasteiger partial charge in [0.1, 0.15) is 6.54 Å². The summed E-state index contributed by atoms with van der Waals surface area (Å²) in [6, 6.07) is -0.240. The van der Waals surface area contributed by atoms with Crippen LogP contribution in [0, 0.1) is 0 Å². The van der Waals surface area contributed by atoms with Crippen LogP contribution < -0.4 is 5.32 Å². The maximum atomic E-state index is 11.9. The van der Waals surface area contributed by atoms with E-state index in [1.807, 2.05) is 6.92 Å². The van der Waals surface area contributed by atoms with E-state index in [0.29, 0.717) is 6.61 Å². The summed E-state index contributed by atoms with van der Waals surface area (Å²) < 4.78 is 4.87. The van der Waals surface area contributed by atoms with Gasteiger partial charge in [0.15, 0.2) is 0 Å². The maximum absolute atomic E-state index is 11.9. The van der Waals surface area contributed by atoms with E-state index in [2.05, 4.69) is 12.2 Å². The first-order chi connectivity index (χ1) is 8.54. The first-order valence-electron chi connectivity index (χ1n) is 6.31. The average molecular weight is 260 g/mol. The third kappa shape index (κ3) is 7.11. The Balaban J connectivity index is 4.37. The van der Waals surface area contributed by atoms with Crippen LogP contribution in [0.25, 0.3) is 0 Å². The Morgan fingerprint density at radius 1 is 1.39 bits per heavy atom. The molecule has 0 radical (unpaired) electrons. The first kappa shape index (κ1) is 16.7. The van der Waals surface area contributed by atoms with Gasteiger partial charge < -0.3 is 20.1 Å². The largest absolute Gasteiger partial charge is 0.480 e. The van der Waals surface area contributed by atoms with Crippen molar-refractivity contribution in [2.45, 2.75) is 39.2 Å². The third-order valence-corrected chi connectivity index (χ3v) is 2.64. The van der Waals surface area contributed by atoms with Gasteiger partial charge in [0.2, 0.25) is 0 Å². The lowest BCUT2D eigenvalue weighted by molar-refractivity contribution is -0.137. The van der Waals surface area contributed by atoms with E-state index in [9.17, 15) is 9.59 Å². The number of methoxy groups -OCH3 is 1. The lowest BCUT2D eigenvalue weighted by atomic mass is 10.1. The molecule has 0 saturated carbocycles. The molecule has 0 heterocycles. The Morgan fingerprint density at radius 2 is 2.06 bits per heavy atom. The van der Waals surface area contributed by atoms with E-state index >= 15 is 0 Å². The highest BCUT2D eigenvalue weighted by Gasteiger charge is 2.18. The van der Waals surface area contributed by atoms with Crippen molar-refractivity contribution in [2.75, 3.05) is 26.8 Å². The van der Waals surface area contributed by atoms with E-state index in [1.165, 1.54) is 12.0 Å². The van der Waals surface area contributed by atoms with Crippen LogP contribution in [0.5, 0.6) is 0 Å². The van der Waals surface area contributed by atoms with Crippen LogP contribution in [0.15, 0.2) is 0 Å². The van der Waals surface area contributed by atoms with Crippen molar-refractivity contribution in [2.24, 2.45) is 0 Å². The number of hydrogen-bond donors (Lipinski definition) is 2. The second-order valence-electron chi connectivity index (χ2n) is 4.15. The summed E-state index contributed by atoms with van der Waals surface area (Å²) in [5.41, 5.74) is 0. The fourth-order valence-corrected chi connectivity index (χ4v) is 1.61. The standard InChI is InChI=1S/C12H24N2O4/c1-4-6-10(5-2)13-12(17)14(7-8-18-3)9-11(15)16/h10H,4-9H2,1-3H3,(H,13,17)(H,15,16). The summed E-state index contributed by atoms with van der Waals surface area (Å²) >= 11 is 0. The summed E-state index contributed by atoms with van der Waals surface area (Å²) in [7, 11) is 1.52. The van der Waals surface area contributed by atoms with Gasteiger partial charge in [0, 0.05) is 19.7 Å². The predicted octanol–water partition coefficient (Wildman–Crippen LogP) is 1.31. The number of nitrogens with one attached hydrogen (secondary N) is 1. The van der Waals surface area contributed by atoms with E-state index in [1.54, 1.807) is 0 Å². The second kappa shape index (κ2) is 9.70. The minimum Gasteiger partial charge on any atom is -0.480 e. The number of carboxylic acids is 1. The molecule has 0 spiro atoms. The lowest BCUT2D eigenvalue weighted by Crippen LogP contribution is -2.47. The van der Waals surface area contributed by atoms with Crippen molar-refractivity contribution in [1.29, 1.82) is 0 Å². The number of amides is 2. The number of rotatable bonds is 9. The number of urea groups is 1. The number of carbonyl (C=O) groups excluding carboxylic acids is 1. The quantitative estimate of drug-likeness (QED) is 0.655. The molecule has 2 amide bonds. The molecule has 2 N–H and O–H groups in total. The molecule has 0 rings (SSSR count). The fourth-order valence-electron chi connectivity index (χ4n) is 1.61. The predicted molar refractivity (Wildman–Crippen MR) is 68.6 cm³/mol. The van der Waals surface area contributed by atoms with Crippen LogP contribution in [0.2, 0.25) is 0 Å². The highest BCUT2D eigenvalue weighted by Crippen LogP contribution is 2.02. The number of ether oxygens (including phenoxy) is 1. The van der Waals surface area contributed by atoms with Gasteiger partial charge >= 0.3 is 12.0 Å². The molecule has 0 aromatic carbocycles. The highest BCUT2D eigenvalue weighted by atomic mass is 16.5. The molecule has 18 heavy (non-hydrogen) atoms. The van der Waals surface area contributed by atoms with Gasteiger partial charge in [-0.1, -0.05) is 20.3 Å². The Labute approximate surface area is 108 Å². The summed E-state index contributed by atoms with van der Waals surface area (Å²) in [5.74, 6) is -1.02. The average Bonchev–Trinajstić information content (AvgIpc) is 2.33. The van der Waals surface area contributed by atoms with Crippen molar-refractivity contribution >= 4 is 12.0 Å². The molecule has 1 atom stereocenters. The topological polar surface area (TPSA) is 78.9 Å². The summed E-state index contributed by atoms with van der Waals surface area (Å²) in [6.45, 7) is 4.34. The smallest absolute Gasteiger partial charge is 0.323 e. The van der Waals surface area contributed by atoms with Gasteiger partial charge in [0.05, 0.1) is 6.61 Å². The summed E-state index contributed by atoms with van der Waals surface area (Å²) in [4.78, 5) is 23.9. The Bertz CT molecular complexity index is 258. The fraction of sp³-hybridized carbons (Fsp3) is 0.833. The van der Waals surface area contributed by atoms with Crippen LogP contribution in [0.4, 0.5) is 4.79 Å². The van der Waals surface area contributed by atoms with Crippen LogP contribution in [-0.2, 0) is 9.53 Å².